The molecule has 0 radical (unpaired) electrons. The van der Waals surface area contributed by atoms with E-state index in [4.69, 9.17) is 4.74 Å². The van der Waals surface area contributed by atoms with Crippen LogP contribution in [0.3, 0.4) is 0 Å². The molecule has 9 nitrogen and oxygen atoms in total. The largest absolute Gasteiger partial charge is 0.376 e. The quantitative estimate of drug-likeness (QED) is 0.293. The SMILES string of the molecule is O=C(CSc1nnc(-c2cccs2)n1CC1CCCO1)N1CCc2cc([N+](=O)[O-])ccc21. The van der Waals surface area contributed by atoms with Crippen molar-refractivity contribution in [1.82, 2.24) is 14.8 Å². The van der Waals surface area contributed by atoms with Gasteiger partial charge in [-0.2, -0.15) is 0 Å². The molecule has 1 atom stereocenters. The molecule has 2 aromatic heterocycles. The number of thiophene rings is 1. The van der Waals surface area contributed by atoms with E-state index >= 15 is 0 Å². The molecule has 1 amide bonds. The van der Waals surface area contributed by atoms with E-state index in [9.17, 15) is 14.9 Å². The van der Waals surface area contributed by atoms with Crippen LogP contribution in [0.2, 0.25) is 0 Å². The molecule has 0 aliphatic carbocycles. The van der Waals surface area contributed by atoms with Crippen molar-refractivity contribution in [3.05, 3.63) is 51.4 Å². The Bertz CT molecular complexity index is 1140. The number of non-ortho nitro benzene ring substituents is 1. The molecule has 166 valence electrons. The zero-order valence-electron chi connectivity index (χ0n) is 17.2. The van der Waals surface area contributed by atoms with E-state index in [2.05, 4.69) is 14.8 Å². The summed E-state index contributed by atoms with van der Waals surface area (Å²) in [6, 6.07) is 8.67. The van der Waals surface area contributed by atoms with E-state index in [1.165, 1.54) is 17.8 Å². The Hall–Kier alpha value is -2.76. The highest BCUT2D eigenvalue weighted by atomic mass is 32.2. The second kappa shape index (κ2) is 9.00. The van der Waals surface area contributed by atoms with Gasteiger partial charge in [0.05, 0.1) is 28.2 Å². The highest BCUT2D eigenvalue weighted by Crippen LogP contribution is 2.33. The molecule has 4 heterocycles. The number of carbonyl (C=O) groups excluding carboxylic acids is 1. The van der Waals surface area contributed by atoms with Gasteiger partial charge >= 0.3 is 0 Å². The number of rotatable bonds is 7. The molecule has 1 fully saturated rings. The predicted octanol–water partition coefficient (Wildman–Crippen LogP) is 3.78. The first-order valence-corrected chi connectivity index (χ1v) is 12.3. The summed E-state index contributed by atoms with van der Waals surface area (Å²) in [5.74, 6) is 0.959. The highest BCUT2D eigenvalue weighted by molar-refractivity contribution is 7.99. The molecular formula is C21H21N5O4S2. The fraction of sp³-hybridized carbons (Fsp3) is 0.381. The van der Waals surface area contributed by atoms with Gasteiger partial charge in [-0.05, 0) is 42.3 Å². The maximum Gasteiger partial charge on any atom is 0.269 e. The standard InChI is InChI=1S/C21H21N5O4S2/c27-19(24-8-7-14-11-15(26(28)29)5-6-17(14)24)13-32-21-23-22-20(18-4-2-10-31-18)25(21)12-16-3-1-9-30-16/h2,4-6,10-11,16H,1,3,7-9,12-13H2. The number of carbonyl (C=O) groups is 1. The third-order valence-electron chi connectivity index (χ3n) is 5.66. The van der Waals surface area contributed by atoms with Crippen LogP contribution in [-0.2, 0) is 22.5 Å². The molecule has 0 N–H and O–H groups in total. The number of benzene rings is 1. The fourth-order valence-electron chi connectivity index (χ4n) is 4.11. The van der Waals surface area contributed by atoms with Crippen LogP contribution in [0, 0.1) is 10.1 Å². The van der Waals surface area contributed by atoms with Gasteiger partial charge in [0, 0.05) is 31.0 Å². The Labute approximate surface area is 192 Å². The fourth-order valence-corrected chi connectivity index (χ4v) is 5.65. The summed E-state index contributed by atoms with van der Waals surface area (Å²) in [5, 5.41) is 22.5. The Morgan fingerprint density at radius 2 is 2.25 bits per heavy atom. The topological polar surface area (TPSA) is 103 Å². The van der Waals surface area contributed by atoms with E-state index in [-0.39, 0.29) is 23.5 Å². The van der Waals surface area contributed by atoms with Gasteiger partial charge in [-0.3, -0.25) is 19.5 Å². The molecule has 1 unspecified atom stereocenters. The van der Waals surface area contributed by atoms with Crippen LogP contribution in [0.4, 0.5) is 11.4 Å². The van der Waals surface area contributed by atoms with E-state index in [0.29, 0.717) is 24.7 Å². The molecule has 0 saturated carbocycles. The number of nitro groups is 1. The summed E-state index contributed by atoms with van der Waals surface area (Å²) in [7, 11) is 0. The second-order valence-corrected chi connectivity index (χ2v) is 9.57. The molecule has 3 aromatic rings. The predicted molar refractivity (Wildman–Crippen MR) is 122 cm³/mol. The van der Waals surface area contributed by atoms with Crippen LogP contribution in [-0.4, -0.2) is 50.6 Å². The number of ether oxygens (including phenoxy) is 1. The lowest BCUT2D eigenvalue weighted by Gasteiger charge is -2.17. The third kappa shape index (κ3) is 4.15. The first-order chi connectivity index (χ1) is 15.6. The number of anilines is 1. The molecule has 32 heavy (non-hydrogen) atoms. The van der Waals surface area contributed by atoms with Gasteiger partial charge in [0.25, 0.3) is 5.69 Å². The second-order valence-electron chi connectivity index (χ2n) is 7.68. The number of hydrogen-bond donors (Lipinski definition) is 0. The minimum atomic E-state index is -0.410. The number of amides is 1. The summed E-state index contributed by atoms with van der Waals surface area (Å²) in [5.41, 5.74) is 1.64. The molecule has 2 aliphatic rings. The van der Waals surface area contributed by atoms with Crippen molar-refractivity contribution in [2.45, 2.75) is 37.1 Å². The van der Waals surface area contributed by atoms with E-state index < -0.39 is 4.92 Å². The third-order valence-corrected chi connectivity index (χ3v) is 7.48. The lowest BCUT2D eigenvalue weighted by Crippen LogP contribution is -2.30. The molecule has 1 saturated heterocycles. The van der Waals surface area contributed by atoms with Crippen LogP contribution in [0.15, 0.2) is 40.9 Å². The minimum absolute atomic E-state index is 0.0491. The number of thioether (sulfide) groups is 1. The summed E-state index contributed by atoms with van der Waals surface area (Å²) in [4.78, 5) is 26.3. The monoisotopic (exact) mass is 471 g/mol. The lowest BCUT2D eigenvalue weighted by molar-refractivity contribution is -0.384. The first kappa shape index (κ1) is 21.1. The number of hydrogen-bond acceptors (Lipinski definition) is 8. The van der Waals surface area contributed by atoms with Gasteiger partial charge in [0.2, 0.25) is 5.91 Å². The summed E-state index contributed by atoms with van der Waals surface area (Å²) in [6.45, 7) is 1.96. The average molecular weight is 472 g/mol. The maximum atomic E-state index is 13.0. The van der Waals surface area contributed by atoms with Gasteiger partial charge in [0.1, 0.15) is 0 Å². The molecule has 2 aliphatic heterocycles. The lowest BCUT2D eigenvalue weighted by atomic mass is 10.1. The molecule has 0 spiro atoms. The Balaban J connectivity index is 1.32. The Kier molecular flexibility index (Phi) is 5.94. The number of aromatic nitrogens is 3. The molecule has 5 rings (SSSR count). The Morgan fingerprint density at radius 1 is 1.34 bits per heavy atom. The van der Waals surface area contributed by atoms with Crippen molar-refractivity contribution >= 4 is 40.4 Å². The zero-order valence-corrected chi connectivity index (χ0v) is 18.8. The van der Waals surface area contributed by atoms with Crippen molar-refractivity contribution < 1.29 is 14.5 Å². The summed E-state index contributed by atoms with van der Waals surface area (Å²) >= 11 is 2.97. The maximum absolute atomic E-state index is 13.0. The summed E-state index contributed by atoms with van der Waals surface area (Å²) < 4.78 is 7.88. The molecular weight excluding hydrogens is 450 g/mol. The van der Waals surface area contributed by atoms with Crippen molar-refractivity contribution in [3.63, 3.8) is 0 Å². The molecule has 1 aromatic carbocycles. The van der Waals surface area contributed by atoms with E-state index in [1.54, 1.807) is 28.4 Å². The molecule has 0 bridgehead atoms. The Morgan fingerprint density at radius 3 is 3.00 bits per heavy atom. The van der Waals surface area contributed by atoms with Crippen molar-refractivity contribution in [1.29, 1.82) is 0 Å². The van der Waals surface area contributed by atoms with Crippen LogP contribution < -0.4 is 4.90 Å². The summed E-state index contributed by atoms with van der Waals surface area (Å²) in [6.07, 6.45) is 2.79. The number of nitro benzene ring substituents is 1. The number of fused-ring (bicyclic) bond motifs is 1. The zero-order chi connectivity index (χ0) is 22.1. The van der Waals surface area contributed by atoms with Crippen LogP contribution >= 0.6 is 23.1 Å². The van der Waals surface area contributed by atoms with Crippen LogP contribution in [0.1, 0.15) is 18.4 Å². The molecule has 11 heteroatoms. The van der Waals surface area contributed by atoms with Crippen molar-refractivity contribution in [2.75, 3.05) is 23.8 Å². The van der Waals surface area contributed by atoms with Gasteiger partial charge in [-0.1, -0.05) is 17.8 Å². The van der Waals surface area contributed by atoms with Gasteiger partial charge in [-0.15, -0.1) is 21.5 Å². The smallest absolute Gasteiger partial charge is 0.269 e. The van der Waals surface area contributed by atoms with Gasteiger partial charge < -0.3 is 9.64 Å². The minimum Gasteiger partial charge on any atom is -0.376 e. The van der Waals surface area contributed by atoms with Gasteiger partial charge in [-0.25, -0.2) is 0 Å². The van der Waals surface area contributed by atoms with Crippen LogP contribution in [0.5, 0.6) is 0 Å². The van der Waals surface area contributed by atoms with E-state index in [0.717, 1.165) is 41.4 Å². The average Bonchev–Trinajstić information content (AvgIpc) is 3.59. The van der Waals surface area contributed by atoms with Gasteiger partial charge in [0.15, 0.2) is 11.0 Å². The normalized spacial score (nSPS) is 17.6. The van der Waals surface area contributed by atoms with Crippen LogP contribution in [0.25, 0.3) is 10.7 Å². The van der Waals surface area contributed by atoms with Crippen molar-refractivity contribution in [2.24, 2.45) is 0 Å². The number of nitrogens with zero attached hydrogens (tertiary/aromatic N) is 5. The van der Waals surface area contributed by atoms with Crippen molar-refractivity contribution in [3.8, 4) is 10.7 Å². The first-order valence-electron chi connectivity index (χ1n) is 10.4. The van der Waals surface area contributed by atoms with E-state index in [1.807, 2.05) is 17.5 Å². The highest BCUT2D eigenvalue weighted by Gasteiger charge is 2.28.